The van der Waals surface area contributed by atoms with Crippen LogP contribution in [-0.2, 0) is 0 Å². The Labute approximate surface area is 55.0 Å². The van der Waals surface area contributed by atoms with Crippen LogP contribution in [0.2, 0.25) is 0 Å². The first kappa shape index (κ1) is 8.81. The molecule has 0 fully saturated rings. The van der Waals surface area contributed by atoms with Crippen molar-refractivity contribution in [2.24, 2.45) is 0 Å². The van der Waals surface area contributed by atoms with Gasteiger partial charge in [-0.05, 0) is 0 Å². The Morgan fingerprint density at radius 2 is 1.89 bits per heavy atom. The third kappa shape index (κ3) is 5.68. The highest BCUT2D eigenvalue weighted by molar-refractivity contribution is 7.80. The van der Waals surface area contributed by atoms with E-state index in [-0.39, 0.29) is 0 Å². The fourth-order valence-corrected chi connectivity index (χ4v) is 0.315. The number of allylic oxidation sites excluding steroid dienone is 1. The topological polar surface area (TPSA) is 0 Å². The summed E-state index contributed by atoms with van der Waals surface area (Å²) in [4.78, 5) is 0. The van der Waals surface area contributed by atoms with Gasteiger partial charge in [0.05, 0.1) is 6.08 Å². The largest absolute Gasteiger partial charge is 0.412 e. The number of hydrogen-bond donors (Lipinski definition) is 1. The van der Waals surface area contributed by atoms with Gasteiger partial charge < -0.3 is 0 Å². The Bertz CT molecular complexity index is 114. The van der Waals surface area contributed by atoms with Gasteiger partial charge in [0.15, 0.2) is 0 Å². The second-order valence-corrected chi connectivity index (χ2v) is 1.61. The molecule has 0 aromatic rings. The molecule has 0 bridgehead atoms. The molecular formula is C4H4F4S. The van der Waals surface area contributed by atoms with Gasteiger partial charge in [-0.15, -0.1) is 0 Å². The summed E-state index contributed by atoms with van der Waals surface area (Å²) in [6.07, 6.45) is -4.98. The van der Waals surface area contributed by atoms with E-state index in [0.717, 1.165) is 0 Å². The van der Waals surface area contributed by atoms with E-state index in [2.05, 4.69) is 12.6 Å². The molecule has 0 aliphatic carbocycles. The standard InChI is InChI=1S/C4H4F4S/c5-3(2-9)1-4(6,7)8/h1,9H,2H2/b3-1-. The highest BCUT2D eigenvalue weighted by Crippen LogP contribution is 2.19. The van der Waals surface area contributed by atoms with E-state index < -0.39 is 23.8 Å². The summed E-state index contributed by atoms with van der Waals surface area (Å²) < 4.78 is 45.1. The predicted octanol–water partition coefficient (Wildman–Crippen LogP) is 2.33. The van der Waals surface area contributed by atoms with Crippen LogP contribution in [0.4, 0.5) is 17.6 Å². The third-order valence-corrected chi connectivity index (χ3v) is 0.773. The molecule has 0 rings (SSSR count). The summed E-state index contributed by atoms with van der Waals surface area (Å²) in [5, 5.41) is 0. The lowest BCUT2D eigenvalue weighted by Crippen LogP contribution is -2.02. The SMILES string of the molecule is F/C(=C\C(F)(F)F)CS. The molecule has 0 aliphatic rings. The summed E-state index contributed by atoms with van der Waals surface area (Å²) in [7, 11) is 0. The van der Waals surface area contributed by atoms with Gasteiger partial charge in [-0.25, -0.2) is 4.39 Å². The molecule has 0 saturated carbocycles. The van der Waals surface area contributed by atoms with E-state index in [4.69, 9.17) is 0 Å². The zero-order valence-corrected chi connectivity index (χ0v) is 5.14. The minimum absolute atomic E-state index is 0.417. The lowest BCUT2D eigenvalue weighted by Gasteiger charge is -1.96. The maximum absolute atomic E-state index is 11.7. The van der Waals surface area contributed by atoms with Crippen LogP contribution in [-0.4, -0.2) is 11.9 Å². The van der Waals surface area contributed by atoms with Gasteiger partial charge in [0.25, 0.3) is 0 Å². The number of halogens is 4. The van der Waals surface area contributed by atoms with E-state index in [0.29, 0.717) is 0 Å². The average molecular weight is 160 g/mol. The van der Waals surface area contributed by atoms with Crippen LogP contribution >= 0.6 is 12.6 Å². The Morgan fingerprint density at radius 3 is 2.00 bits per heavy atom. The van der Waals surface area contributed by atoms with Gasteiger partial charge in [0.1, 0.15) is 5.83 Å². The monoisotopic (exact) mass is 160 g/mol. The quantitative estimate of drug-likeness (QED) is 0.441. The summed E-state index contributed by atoms with van der Waals surface area (Å²) in [5.74, 6) is -1.79. The summed E-state index contributed by atoms with van der Waals surface area (Å²) in [6, 6.07) is 0. The fraction of sp³-hybridized carbons (Fsp3) is 0.500. The van der Waals surface area contributed by atoms with Crippen molar-refractivity contribution in [2.45, 2.75) is 6.18 Å². The van der Waals surface area contributed by atoms with E-state index in [1.807, 2.05) is 0 Å². The number of rotatable bonds is 1. The van der Waals surface area contributed by atoms with Crippen LogP contribution in [0.5, 0.6) is 0 Å². The highest BCUT2D eigenvalue weighted by atomic mass is 32.1. The minimum atomic E-state index is -4.56. The van der Waals surface area contributed by atoms with Crippen molar-refractivity contribution in [1.82, 2.24) is 0 Å². The van der Waals surface area contributed by atoms with Crippen LogP contribution in [0.3, 0.4) is 0 Å². The summed E-state index contributed by atoms with van der Waals surface area (Å²) in [5.41, 5.74) is 0. The molecule has 0 aliphatic heterocycles. The zero-order valence-electron chi connectivity index (χ0n) is 4.24. The van der Waals surface area contributed by atoms with Crippen molar-refractivity contribution in [1.29, 1.82) is 0 Å². The molecule has 0 aromatic heterocycles. The highest BCUT2D eigenvalue weighted by Gasteiger charge is 2.24. The lowest BCUT2D eigenvalue weighted by atomic mass is 10.5. The zero-order chi connectivity index (χ0) is 7.49. The molecular weight excluding hydrogens is 156 g/mol. The fourth-order valence-electron chi connectivity index (χ4n) is 0.223. The summed E-state index contributed by atoms with van der Waals surface area (Å²) >= 11 is 3.28. The van der Waals surface area contributed by atoms with E-state index in [1.165, 1.54) is 0 Å². The van der Waals surface area contributed by atoms with Crippen LogP contribution < -0.4 is 0 Å². The van der Waals surface area contributed by atoms with Crippen LogP contribution in [0.15, 0.2) is 11.9 Å². The van der Waals surface area contributed by atoms with Crippen LogP contribution in [0.25, 0.3) is 0 Å². The van der Waals surface area contributed by atoms with Crippen molar-refractivity contribution in [3.63, 3.8) is 0 Å². The van der Waals surface area contributed by atoms with Gasteiger partial charge in [0, 0.05) is 5.75 Å². The number of alkyl halides is 3. The number of hydrogen-bond acceptors (Lipinski definition) is 1. The van der Waals surface area contributed by atoms with E-state index in [1.54, 1.807) is 0 Å². The second kappa shape index (κ2) is 3.10. The average Bonchev–Trinajstić information content (AvgIpc) is 1.62. The van der Waals surface area contributed by atoms with Gasteiger partial charge in [-0.1, -0.05) is 0 Å². The first-order valence-electron chi connectivity index (χ1n) is 2.00. The Morgan fingerprint density at radius 1 is 1.44 bits per heavy atom. The molecule has 0 unspecified atom stereocenters. The van der Waals surface area contributed by atoms with Gasteiger partial charge in [0.2, 0.25) is 0 Å². The van der Waals surface area contributed by atoms with Crippen molar-refractivity contribution in [2.75, 3.05) is 5.75 Å². The van der Waals surface area contributed by atoms with Crippen molar-refractivity contribution < 1.29 is 17.6 Å². The molecule has 9 heavy (non-hydrogen) atoms. The maximum Gasteiger partial charge on any atom is 0.412 e. The van der Waals surface area contributed by atoms with Gasteiger partial charge in [-0.2, -0.15) is 25.8 Å². The minimum Gasteiger partial charge on any atom is -0.211 e. The van der Waals surface area contributed by atoms with Gasteiger partial charge in [-0.3, -0.25) is 0 Å². The molecule has 5 heteroatoms. The van der Waals surface area contributed by atoms with E-state index >= 15 is 0 Å². The molecule has 0 N–H and O–H groups in total. The second-order valence-electron chi connectivity index (χ2n) is 1.29. The molecule has 0 spiro atoms. The van der Waals surface area contributed by atoms with Gasteiger partial charge >= 0.3 is 6.18 Å². The normalized spacial score (nSPS) is 14.1. The Kier molecular flexibility index (Phi) is 3.03. The molecule has 0 saturated heterocycles. The molecule has 0 aromatic carbocycles. The smallest absolute Gasteiger partial charge is 0.211 e. The molecule has 0 radical (unpaired) electrons. The third-order valence-electron chi connectivity index (χ3n) is 0.471. The molecule has 0 amide bonds. The molecule has 0 heterocycles. The first-order valence-corrected chi connectivity index (χ1v) is 2.64. The Balaban J connectivity index is 3.95. The van der Waals surface area contributed by atoms with E-state index in [9.17, 15) is 17.6 Å². The number of thiol groups is 1. The lowest BCUT2D eigenvalue weighted by molar-refractivity contribution is -0.0812. The van der Waals surface area contributed by atoms with Crippen LogP contribution in [0, 0.1) is 0 Å². The van der Waals surface area contributed by atoms with Crippen LogP contribution in [0.1, 0.15) is 0 Å². The van der Waals surface area contributed by atoms with Crippen molar-refractivity contribution >= 4 is 12.6 Å². The maximum atomic E-state index is 11.7. The van der Waals surface area contributed by atoms with Crippen molar-refractivity contribution in [3.8, 4) is 0 Å². The first-order chi connectivity index (χ1) is 3.95. The molecule has 0 atom stereocenters. The van der Waals surface area contributed by atoms with Crippen molar-refractivity contribution in [3.05, 3.63) is 11.9 Å². The molecule has 54 valence electrons. The summed E-state index contributed by atoms with van der Waals surface area (Å²) in [6.45, 7) is 0. The predicted molar refractivity (Wildman–Crippen MR) is 29.1 cm³/mol. The Hall–Kier alpha value is -0.190. The molecule has 0 nitrogen and oxygen atoms in total.